The number of piperidine rings is 1. The van der Waals surface area contributed by atoms with E-state index in [1.807, 2.05) is 49.3 Å². The number of carbonyl (C=O) groups excluding carboxylic acids is 1. The van der Waals surface area contributed by atoms with Crippen LogP contribution in [0, 0.1) is 17.7 Å². The van der Waals surface area contributed by atoms with Crippen molar-refractivity contribution >= 4 is 22.5 Å². The summed E-state index contributed by atoms with van der Waals surface area (Å²) in [6.07, 6.45) is 0.983. The van der Waals surface area contributed by atoms with Gasteiger partial charge in [0.2, 0.25) is 5.91 Å². The van der Waals surface area contributed by atoms with Gasteiger partial charge in [0.25, 0.3) is 0 Å². The van der Waals surface area contributed by atoms with Gasteiger partial charge in [0.15, 0.2) is 11.6 Å². The second kappa shape index (κ2) is 9.70. The van der Waals surface area contributed by atoms with E-state index in [2.05, 4.69) is 10.2 Å². The highest BCUT2D eigenvalue weighted by Gasteiger charge is 2.42. The molecule has 0 radical (unpaired) electrons. The van der Waals surface area contributed by atoms with E-state index in [1.165, 1.54) is 13.2 Å². The first-order valence-electron chi connectivity index (χ1n) is 12.0. The van der Waals surface area contributed by atoms with Crippen molar-refractivity contribution < 1.29 is 18.7 Å². The molecule has 0 bridgehead atoms. The molecule has 5 rings (SSSR count). The molecule has 8 heteroatoms. The molecule has 35 heavy (non-hydrogen) atoms. The molecule has 184 valence electrons. The standard InChI is InChI=1S/C27H31FN4O3/c1-29-9-11-35-19-6-4-17(5-7-19)23-13-25(20-12-22(28)26(34-3)14-24(20)30-23)32-15-18-8-10-31(2)27(33)21(18)16-32/h4-7,12-14,18,21,29H,8-11,15-16H2,1-3H3/t18-,21+/m1/s1. The Hall–Kier alpha value is -3.39. The van der Waals surface area contributed by atoms with E-state index in [1.54, 1.807) is 6.07 Å². The van der Waals surface area contributed by atoms with Crippen molar-refractivity contribution in [2.45, 2.75) is 6.42 Å². The van der Waals surface area contributed by atoms with Crippen molar-refractivity contribution in [1.29, 1.82) is 0 Å². The Kier molecular flexibility index (Phi) is 6.47. The molecule has 2 aliphatic rings. The Bertz CT molecular complexity index is 1230. The highest BCUT2D eigenvalue weighted by atomic mass is 19.1. The monoisotopic (exact) mass is 478 g/mol. The number of halogens is 1. The molecular formula is C27H31FN4O3. The number of fused-ring (bicyclic) bond motifs is 2. The minimum Gasteiger partial charge on any atom is -0.494 e. The molecule has 2 aromatic carbocycles. The molecule has 0 saturated carbocycles. The van der Waals surface area contributed by atoms with Crippen LogP contribution in [0.25, 0.3) is 22.2 Å². The summed E-state index contributed by atoms with van der Waals surface area (Å²) in [6.45, 7) is 3.54. The normalized spacial score (nSPS) is 19.8. The summed E-state index contributed by atoms with van der Waals surface area (Å²) in [5.74, 6) is 1.00. The Balaban J connectivity index is 1.54. The SMILES string of the molecule is CNCCOc1ccc(-c2cc(N3C[C@H]4CCN(C)C(=O)[C@H]4C3)c3cc(F)c(OC)cc3n2)cc1. The number of benzene rings is 2. The fourth-order valence-corrected chi connectivity index (χ4v) is 5.16. The molecule has 1 amide bonds. The molecule has 0 unspecified atom stereocenters. The van der Waals surface area contributed by atoms with Gasteiger partial charge >= 0.3 is 0 Å². The first kappa shape index (κ1) is 23.4. The highest BCUT2D eigenvalue weighted by Crippen LogP contribution is 2.40. The smallest absolute Gasteiger partial charge is 0.227 e. The zero-order valence-electron chi connectivity index (χ0n) is 20.4. The lowest BCUT2D eigenvalue weighted by Gasteiger charge is -2.30. The summed E-state index contributed by atoms with van der Waals surface area (Å²) in [5.41, 5.74) is 3.26. The third kappa shape index (κ3) is 4.50. The fraction of sp³-hybridized carbons (Fsp3) is 0.407. The number of nitrogens with zero attached hydrogens (tertiary/aromatic N) is 3. The fourth-order valence-electron chi connectivity index (χ4n) is 5.16. The van der Waals surface area contributed by atoms with E-state index in [-0.39, 0.29) is 17.6 Å². The van der Waals surface area contributed by atoms with E-state index in [4.69, 9.17) is 14.5 Å². The molecule has 1 N–H and O–H groups in total. The summed E-state index contributed by atoms with van der Waals surface area (Å²) >= 11 is 0. The van der Waals surface area contributed by atoms with Crippen LogP contribution in [0.5, 0.6) is 11.5 Å². The maximum atomic E-state index is 14.7. The van der Waals surface area contributed by atoms with Crippen molar-refractivity contribution in [2.75, 3.05) is 58.9 Å². The Morgan fingerprint density at radius 1 is 1.17 bits per heavy atom. The number of hydrogen-bond acceptors (Lipinski definition) is 6. The lowest BCUT2D eigenvalue weighted by molar-refractivity contribution is -0.137. The first-order valence-corrected chi connectivity index (χ1v) is 12.0. The number of likely N-dealkylation sites (N-methyl/N-ethyl adjacent to an activating group) is 1. The number of anilines is 1. The zero-order valence-corrected chi connectivity index (χ0v) is 20.4. The molecule has 1 aromatic heterocycles. The van der Waals surface area contributed by atoms with Crippen molar-refractivity contribution in [3.8, 4) is 22.8 Å². The van der Waals surface area contributed by atoms with Gasteiger partial charge in [-0.3, -0.25) is 4.79 Å². The van der Waals surface area contributed by atoms with Crippen LogP contribution >= 0.6 is 0 Å². The quantitative estimate of drug-likeness (QED) is 0.524. The van der Waals surface area contributed by atoms with Crippen molar-refractivity contribution in [1.82, 2.24) is 15.2 Å². The van der Waals surface area contributed by atoms with Crippen LogP contribution in [-0.2, 0) is 4.79 Å². The second-order valence-electron chi connectivity index (χ2n) is 9.33. The number of ether oxygens (including phenoxy) is 2. The van der Waals surface area contributed by atoms with E-state index < -0.39 is 5.82 Å². The molecule has 2 aliphatic heterocycles. The van der Waals surface area contributed by atoms with Crippen LogP contribution in [0.2, 0.25) is 0 Å². The van der Waals surface area contributed by atoms with Gasteiger partial charge in [0, 0.05) is 55.9 Å². The van der Waals surface area contributed by atoms with Crippen LogP contribution in [0.1, 0.15) is 6.42 Å². The van der Waals surface area contributed by atoms with E-state index in [0.717, 1.165) is 54.1 Å². The minimum absolute atomic E-state index is 0.0300. The molecule has 7 nitrogen and oxygen atoms in total. The van der Waals surface area contributed by atoms with Gasteiger partial charge in [0.05, 0.1) is 24.2 Å². The topological polar surface area (TPSA) is 66.9 Å². The summed E-state index contributed by atoms with van der Waals surface area (Å²) in [7, 11) is 5.21. The predicted molar refractivity (Wildman–Crippen MR) is 135 cm³/mol. The number of rotatable bonds is 7. The van der Waals surface area contributed by atoms with E-state index in [0.29, 0.717) is 24.6 Å². The lowest BCUT2D eigenvalue weighted by Crippen LogP contribution is -2.42. The van der Waals surface area contributed by atoms with Crippen molar-refractivity contribution in [3.05, 3.63) is 48.3 Å². The summed E-state index contributed by atoms with van der Waals surface area (Å²) < 4.78 is 25.7. The number of methoxy groups -OCH3 is 1. The molecule has 0 aliphatic carbocycles. The minimum atomic E-state index is -0.425. The average Bonchev–Trinajstić information content (AvgIpc) is 3.31. The Morgan fingerprint density at radius 3 is 2.71 bits per heavy atom. The zero-order chi connectivity index (χ0) is 24.5. The van der Waals surface area contributed by atoms with Gasteiger partial charge in [-0.25, -0.2) is 9.37 Å². The highest BCUT2D eigenvalue weighted by molar-refractivity contribution is 5.96. The molecule has 2 saturated heterocycles. The largest absolute Gasteiger partial charge is 0.494 e. The van der Waals surface area contributed by atoms with Gasteiger partial charge in [-0.05, 0) is 55.8 Å². The lowest BCUT2D eigenvalue weighted by atomic mass is 9.88. The van der Waals surface area contributed by atoms with Gasteiger partial charge in [-0.2, -0.15) is 0 Å². The number of carbonyl (C=O) groups is 1. The van der Waals surface area contributed by atoms with Crippen molar-refractivity contribution in [3.63, 3.8) is 0 Å². The van der Waals surface area contributed by atoms with Gasteiger partial charge in [-0.1, -0.05) is 0 Å². The third-order valence-electron chi connectivity index (χ3n) is 7.14. The second-order valence-corrected chi connectivity index (χ2v) is 9.33. The van der Waals surface area contributed by atoms with Crippen LogP contribution < -0.4 is 19.7 Å². The number of likely N-dealkylation sites (tertiary alicyclic amines) is 1. The van der Waals surface area contributed by atoms with E-state index in [9.17, 15) is 9.18 Å². The van der Waals surface area contributed by atoms with Gasteiger partial charge in [0.1, 0.15) is 12.4 Å². The molecule has 2 atom stereocenters. The summed E-state index contributed by atoms with van der Waals surface area (Å²) in [5, 5.41) is 3.78. The summed E-state index contributed by atoms with van der Waals surface area (Å²) in [4.78, 5) is 21.7. The predicted octanol–water partition coefficient (Wildman–Crippen LogP) is 3.56. The molecule has 3 aromatic rings. The van der Waals surface area contributed by atoms with Crippen LogP contribution in [-0.4, -0.2) is 69.8 Å². The summed E-state index contributed by atoms with van der Waals surface area (Å²) in [6, 6.07) is 13.0. The first-order chi connectivity index (χ1) is 17.0. The number of aromatic nitrogens is 1. The molecular weight excluding hydrogens is 447 g/mol. The van der Waals surface area contributed by atoms with Crippen molar-refractivity contribution in [2.24, 2.45) is 11.8 Å². The molecule has 0 spiro atoms. The van der Waals surface area contributed by atoms with Gasteiger partial charge < -0.3 is 24.6 Å². The number of hydrogen-bond donors (Lipinski definition) is 1. The number of nitrogens with one attached hydrogen (secondary N) is 1. The maximum Gasteiger partial charge on any atom is 0.227 e. The van der Waals surface area contributed by atoms with Gasteiger partial charge in [-0.15, -0.1) is 0 Å². The van der Waals surface area contributed by atoms with Crippen LogP contribution in [0.4, 0.5) is 10.1 Å². The molecule has 2 fully saturated rings. The third-order valence-corrected chi connectivity index (χ3v) is 7.14. The number of amides is 1. The van der Waals surface area contributed by atoms with Crippen LogP contribution in [0.15, 0.2) is 42.5 Å². The van der Waals surface area contributed by atoms with E-state index >= 15 is 0 Å². The average molecular weight is 479 g/mol. The Morgan fingerprint density at radius 2 is 1.97 bits per heavy atom. The molecule has 3 heterocycles. The van der Waals surface area contributed by atoms with Crippen LogP contribution in [0.3, 0.4) is 0 Å². The maximum absolute atomic E-state index is 14.7. The Labute approximate surface area is 204 Å². The number of pyridine rings is 1.